The molecule has 1 saturated heterocycles. The highest BCUT2D eigenvalue weighted by Gasteiger charge is 2.29. The largest absolute Gasteiger partial charge is 0.506 e. The van der Waals surface area contributed by atoms with E-state index in [0.717, 1.165) is 11.3 Å². The number of para-hydroxylation sites is 1. The van der Waals surface area contributed by atoms with Crippen LogP contribution in [0.4, 0.5) is 4.39 Å². The van der Waals surface area contributed by atoms with E-state index in [1.54, 1.807) is 48.5 Å². The first-order valence-corrected chi connectivity index (χ1v) is 20.9. The van der Waals surface area contributed by atoms with Crippen LogP contribution >= 0.6 is 34.5 Å². The number of aromatic nitrogens is 4. The van der Waals surface area contributed by atoms with Crippen LogP contribution in [0.25, 0.3) is 37.6 Å². The molecule has 1 atom stereocenters. The quantitative estimate of drug-likeness (QED) is 0.0250. The lowest BCUT2D eigenvalue weighted by atomic mass is 9.99. The number of hydrogen-bond acceptors (Lipinski definition) is 16. The Morgan fingerprint density at radius 2 is 1.69 bits per heavy atom. The van der Waals surface area contributed by atoms with Gasteiger partial charge in [-0.3, -0.25) is 4.90 Å². The SMILES string of the molecule is C=C(/C(O)=C(Cl)\C(O)=C(/C)Cl)c1c(-c2ccc(F)cc2)sc2ncnc(O[C@H](Cc3cc(OCN4CCN(O)CC4)ccc3OCc3ccnc(-c4ccccc4OO)n3)C(=O)O)c12. The molecule has 3 aromatic carbocycles. The maximum atomic E-state index is 14.1. The molecule has 1 aliphatic heterocycles. The average molecular weight is 934 g/mol. The highest BCUT2D eigenvalue weighted by molar-refractivity contribution is 7.22. The summed E-state index contributed by atoms with van der Waals surface area (Å²) in [4.78, 5) is 38.0. The number of carboxylic acids is 1. The maximum absolute atomic E-state index is 14.1. The summed E-state index contributed by atoms with van der Waals surface area (Å²) >= 11 is 13.4. The van der Waals surface area contributed by atoms with Gasteiger partial charge in [-0.1, -0.05) is 54.0 Å². The number of hydrogen-bond donors (Lipinski definition) is 5. The molecular formula is C44H39Cl2FN6O10S. The molecule has 0 unspecified atom stereocenters. The number of aliphatic hydroxyl groups is 2. The smallest absolute Gasteiger partial charge is 0.345 e. The van der Waals surface area contributed by atoms with Crippen molar-refractivity contribution in [2.45, 2.75) is 26.1 Å². The number of hydroxylamine groups is 2. The van der Waals surface area contributed by atoms with Gasteiger partial charge in [0.25, 0.3) is 0 Å². The summed E-state index contributed by atoms with van der Waals surface area (Å²) in [6.07, 6.45) is 0.797. The van der Waals surface area contributed by atoms with E-state index in [-0.39, 0.29) is 64.5 Å². The molecule has 0 bridgehead atoms. The molecule has 6 aromatic rings. The van der Waals surface area contributed by atoms with Crippen LogP contribution in [0.15, 0.2) is 113 Å². The van der Waals surface area contributed by atoms with Gasteiger partial charge in [-0.05, 0) is 61.0 Å². The van der Waals surface area contributed by atoms with Crippen molar-refractivity contribution in [3.63, 3.8) is 0 Å². The van der Waals surface area contributed by atoms with Crippen LogP contribution < -0.4 is 19.1 Å². The third-order valence-electron chi connectivity index (χ3n) is 9.93. The summed E-state index contributed by atoms with van der Waals surface area (Å²) in [5.41, 5.74) is 1.78. The Balaban J connectivity index is 1.25. The lowest BCUT2D eigenvalue weighted by Gasteiger charge is -2.30. The van der Waals surface area contributed by atoms with Crippen molar-refractivity contribution in [1.82, 2.24) is 29.9 Å². The Morgan fingerprint density at radius 3 is 2.41 bits per heavy atom. The van der Waals surface area contributed by atoms with E-state index in [1.807, 2.05) is 4.90 Å². The Labute approximate surface area is 378 Å². The lowest BCUT2D eigenvalue weighted by molar-refractivity contribution is -0.145. The molecule has 1 aliphatic rings. The number of carboxylic acid groups (broad SMARTS) is 1. The van der Waals surface area contributed by atoms with Crippen LogP contribution in [0.2, 0.25) is 0 Å². The molecule has 0 saturated carbocycles. The van der Waals surface area contributed by atoms with E-state index < -0.39 is 34.4 Å². The van der Waals surface area contributed by atoms with Crippen LogP contribution in [0.1, 0.15) is 23.7 Å². The highest BCUT2D eigenvalue weighted by Crippen LogP contribution is 2.47. The fourth-order valence-electron chi connectivity index (χ4n) is 6.58. The normalized spacial score (nSPS) is 14.7. The molecule has 0 amide bonds. The maximum Gasteiger partial charge on any atom is 0.345 e. The van der Waals surface area contributed by atoms with Gasteiger partial charge in [0, 0.05) is 60.4 Å². The molecule has 332 valence electrons. The van der Waals surface area contributed by atoms with Gasteiger partial charge >= 0.3 is 5.97 Å². The molecule has 0 radical (unpaired) electrons. The fourth-order valence-corrected chi connectivity index (χ4v) is 8.15. The van der Waals surface area contributed by atoms with Crippen LogP contribution in [0, 0.1) is 5.82 Å². The number of carbonyl (C=O) groups is 1. The number of thiophene rings is 1. The second-order valence-electron chi connectivity index (χ2n) is 14.2. The van der Waals surface area contributed by atoms with Crippen LogP contribution in [-0.2, 0) is 17.8 Å². The van der Waals surface area contributed by atoms with Crippen molar-refractivity contribution in [3.8, 4) is 45.0 Å². The summed E-state index contributed by atoms with van der Waals surface area (Å²) in [7, 11) is 0. The Morgan fingerprint density at radius 1 is 0.938 bits per heavy atom. The minimum absolute atomic E-state index is 0.0818. The molecule has 0 spiro atoms. The summed E-state index contributed by atoms with van der Waals surface area (Å²) in [6.45, 7) is 7.54. The Hall–Kier alpha value is -6.38. The van der Waals surface area contributed by atoms with E-state index in [0.29, 0.717) is 64.0 Å². The number of piperazine rings is 1. The highest BCUT2D eigenvalue weighted by atomic mass is 35.5. The molecule has 0 aliphatic carbocycles. The Bertz CT molecular complexity index is 2740. The standard InChI is InChI=1S/C44H39Cl2FN6O10S/c1-24(38(54)37(46)39(55)25(2)45)35-36-42(49-22-50-43(36)64-40(35)26-7-9-28(47)10-8-26)62-34(44(56)57)20-27-19-30(61-23-52-15-17-53(58)18-16-52)11-12-32(27)60-21-29-13-14-48-41(51-29)31-5-3-4-6-33(31)63-59/h3-14,19,22,34,54-55,58-59H,1,15-18,20-21,23H2,2H3,(H,56,57)/b38-37-,39-25-/t34-/m1/s1. The zero-order chi connectivity index (χ0) is 45.5. The lowest BCUT2D eigenvalue weighted by Crippen LogP contribution is -2.46. The van der Waals surface area contributed by atoms with Gasteiger partial charge in [-0.2, -0.15) is 5.06 Å². The molecule has 7 rings (SSSR count). The van der Waals surface area contributed by atoms with E-state index in [2.05, 4.69) is 31.4 Å². The number of fused-ring (bicyclic) bond motifs is 1. The first-order chi connectivity index (χ1) is 30.8. The van der Waals surface area contributed by atoms with Crippen molar-refractivity contribution in [2.75, 3.05) is 32.9 Å². The Kier molecular flexibility index (Phi) is 14.6. The number of aliphatic carboxylic acids is 1. The van der Waals surface area contributed by atoms with E-state index >= 15 is 0 Å². The number of benzene rings is 3. The monoisotopic (exact) mass is 932 g/mol. The average Bonchev–Trinajstić information content (AvgIpc) is 3.70. The van der Waals surface area contributed by atoms with Gasteiger partial charge in [-0.15, -0.1) is 11.3 Å². The predicted octanol–water partition coefficient (Wildman–Crippen LogP) is 8.85. The van der Waals surface area contributed by atoms with Crippen LogP contribution in [0.3, 0.4) is 0 Å². The van der Waals surface area contributed by atoms with Crippen molar-refractivity contribution in [2.24, 2.45) is 0 Å². The number of aliphatic hydroxyl groups excluding tert-OH is 2. The predicted molar refractivity (Wildman–Crippen MR) is 236 cm³/mol. The third-order valence-corrected chi connectivity index (χ3v) is 11.6. The minimum atomic E-state index is -1.62. The van der Waals surface area contributed by atoms with Crippen LogP contribution in [0.5, 0.6) is 23.1 Å². The first kappa shape index (κ1) is 45.6. The molecule has 20 heteroatoms. The van der Waals surface area contributed by atoms with E-state index in [1.165, 1.54) is 48.8 Å². The van der Waals surface area contributed by atoms with Crippen LogP contribution in [-0.4, -0.2) is 101 Å². The van der Waals surface area contributed by atoms with E-state index in [4.69, 9.17) is 37.4 Å². The molecule has 16 nitrogen and oxygen atoms in total. The van der Waals surface area contributed by atoms with E-state index in [9.17, 15) is 35.0 Å². The van der Waals surface area contributed by atoms with Gasteiger partial charge in [-0.25, -0.2) is 34.4 Å². The summed E-state index contributed by atoms with van der Waals surface area (Å²) in [5.74, 6) is -2.25. The van der Waals surface area contributed by atoms with Crippen molar-refractivity contribution < 1.29 is 54.1 Å². The van der Waals surface area contributed by atoms with Gasteiger partial charge < -0.3 is 39.6 Å². The molecule has 3 aromatic heterocycles. The van der Waals surface area contributed by atoms with Crippen molar-refractivity contribution >= 4 is 56.3 Å². The number of rotatable bonds is 17. The zero-order valence-electron chi connectivity index (χ0n) is 33.8. The zero-order valence-corrected chi connectivity index (χ0v) is 36.1. The second-order valence-corrected chi connectivity index (χ2v) is 16.2. The summed E-state index contributed by atoms with van der Waals surface area (Å²) in [6, 6.07) is 18.7. The van der Waals surface area contributed by atoms with Gasteiger partial charge in [0.1, 0.15) is 52.6 Å². The number of allylic oxidation sites excluding steroid dienone is 3. The number of ether oxygens (including phenoxy) is 3. The number of halogens is 3. The molecule has 4 heterocycles. The van der Waals surface area contributed by atoms with Gasteiger partial charge in [0.05, 0.1) is 21.7 Å². The molecule has 1 fully saturated rings. The van der Waals surface area contributed by atoms with Crippen molar-refractivity contribution in [1.29, 1.82) is 0 Å². The summed E-state index contributed by atoms with van der Waals surface area (Å²) in [5, 5.41) is 52.5. The van der Waals surface area contributed by atoms with Crippen molar-refractivity contribution in [3.05, 3.63) is 136 Å². The molecular weight excluding hydrogens is 894 g/mol. The topological polar surface area (TPSA) is 213 Å². The minimum Gasteiger partial charge on any atom is -0.506 e. The number of nitrogens with zero attached hydrogens (tertiary/aromatic N) is 6. The fraction of sp³-hybridized carbons (Fsp3) is 0.205. The second kappa shape index (κ2) is 20.4. The first-order valence-electron chi connectivity index (χ1n) is 19.4. The third kappa shape index (κ3) is 10.5. The molecule has 5 N–H and O–H groups in total. The molecule has 64 heavy (non-hydrogen) atoms. The summed E-state index contributed by atoms with van der Waals surface area (Å²) < 4.78 is 32.7. The van der Waals surface area contributed by atoms with Gasteiger partial charge in [0.2, 0.25) is 12.0 Å². The van der Waals surface area contributed by atoms with Gasteiger partial charge in [0.15, 0.2) is 17.3 Å².